The number of anilines is 1. The van der Waals surface area contributed by atoms with Crippen molar-refractivity contribution in [3.8, 4) is 0 Å². The molecule has 24 heavy (non-hydrogen) atoms. The number of hydrogen-bond acceptors (Lipinski definition) is 6. The fraction of sp³-hybridized carbons (Fsp3) is 0.562. The van der Waals surface area contributed by atoms with Crippen LogP contribution in [0.2, 0.25) is 0 Å². The summed E-state index contributed by atoms with van der Waals surface area (Å²) in [6.45, 7) is 3.78. The Balaban J connectivity index is 1.53. The third-order valence-electron chi connectivity index (χ3n) is 4.69. The number of aliphatic hydroxyl groups is 1. The number of aliphatic hydroxyl groups excluding tert-OH is 1. The molecule has 4 heterocycles. The van der Waals surface area contributed by atoms with E-state index in [0.29, 0.717) is 26.2 Å². The summed E-state index contributed by atoms with van der Waals surface area (Å²) in [6, 6.07) is 2.07. The van der Waals surface area contributed by atoms with E-state index in [1.165, 1.54) is 0 Å². The Hall–Kier alpha value is -1.93. The van der Waals surface area contributed by atoms with E-state index in [4.69, 9.17) is 0 Å². The molecule has 2 fully saturated rings. The van der Waals surface area contributed by atoms with Crippen molar-refractivity contribution in [2.75, 3.05) is 44.2 Å². The molecule has 0 unspecified atom stereocenters. The zero-order valence-corrected chi connectivity index (χ0v) is 14.3. The average molecular weight is 347 g/mol. The molecule has 1 N–H and O–H groups in total. The van der Waals surface area contributed by atoms with Gasteiger partial charge in [-0.2, -0.15) is 0 Å². The first-order valence-electron chi connectivity index (χ1n) is 8.37. The molecule has 0 bridgehead atoms. The number of nitrogens with zero attached hydrogens (tertiary/aromatic N) is 5. The Morgan fingerprint density at radius 1 is 1.12 bits per heavy atom. The molecule has 0 spiro atoms. The normalized spacial score (nSPS) is 22.2. The minimum atomic E-state index is -0.581. The number of carbonyl (C=O) groups is 1. The number of aromatic nitrogens is 2. The lowest BCUT2D eigenvalue weighted by Gasteiger charge is -2.27. The van der Waals surface area contributed by atoms with Crippen LogP contribution in [0.15, 0.2) is 17.8 Å². The summed E-state index contributed by atoms with van der Waals surface area (Å²) >= 11 is 1.58. The molecular formula is C16H21N5O2S. The van der Waals surface area contributed by atoms with Gasteiger partial charge in [0.1, 0.15) is 17.0 Å². The van der Waals surface area contributed by atoms with Crippen molar-refractivity contribution in [2.24, 2.45) is 0 Å². The molecule has 2 aliphatic heterocycles. The van der Waals surface area contributed by atoms with Gasteiger partial charge in [-0.3, -0.25) is 0 Å². The smallest absolute Gasteiger partial charge is 0.320 e. The Morgan fingerprint density at radius 3 is 2.79 bits per heavy atom. The van der Waals surface area contributed by atoms with E-state index < -0.39 is 6.10 Å². The molecule has 2 aromatic heterocycles. The second-order valence-electron chi connectivity index (χ2n) is 6.36. The molecule has 4 rings (SSSR count). The van der Waals surface area contributed by atoms with Crippen molar-refractivity contribution >= 4 is 33.4 Å². The maximum atomic E-state index is 12.6. The van der Waals surface area contributed by atoms with Gasteiger partial charge >= 0.3 is 6.03 Å². The number of fused-ring (bicyclic) bond motifs is 1. The molecule has 0 saturated carbocycles. The number of rotatable bonds is 1. The quantitative estimate of drug-likeness (QED) is 0.844. The van der Waals surface area contributed by atoms with Crippen LogP contribution in [-0.2, 0) is 0 Å². The molecule has 128 valence electrons. The van der Waals surface area contributed by atoms with Crippen LogP contribution in [0.3, 0.4) is 0 Å². The Bertz CT molecular complexity index is 730. The van der Waals surface area contributed by atoms with E-state index in [-0.39, 0.29) is 6.03 Å². The second-order valence-corrected chi connectivity index (χ2v) is 7.25. The lowest BCUT2D eigenvalue weighted by molar-refractivity contribution is 0.121. The van der Waals surface area contributed by atoms with E-state index in [1.54, 1.807) is 22.6 Å². The van der Waals surface area contributed by atoms with Gasteiger partial charge in [0, 0.05) is 32.7 Å². The predicted octanol–water partition coefficient (Wildman–Crippen LogP) is 1.39. The molecule has 2 amide bonds. The summed E-state index contributed by atoms with van der Waals surface area (Å²) in [6.07, 6.45) is 3.14. The van der Waals surface area contributed by atoms with E-state index in [9.17, 15) is 9.90 Å². The van der Waals surface area contributed by atoms with Crippen molar-refractivity contribution in [1.29, 1.82) is 0 Å². The number of likely N-dealkylation sites (tertiary alicyclic amines) is 1. The highest BCUT2D eigenvalue weighted by Gasteiger charge is 2.29. The van der Waals surface area contributed by atoms with Crippen LogP contribution in [-0.4, -0.2) is 76.3 Å². The molecule has 0 aliphatic carbocycles. The molecule has 1 atom stereocenters. The third kappa shape index (κ3) is 2.91. The minimum Gasteiger partial charge on any atom is -0.389 e. The van der Waals surface area contributed by atoms with Crippen LogP contribution in [0, 0.1) is 0 Å². The molecular weight excluding hydrogens is 326 g/mol. The second kappa shape index (κ2) is 6.52. The minimum absolute atomic E-state index is 0.0526. The van der Waals surface area contributed by atoms with E-state index in [1.807, 2.05) is 16.3 Å². The number of thiophene rings is 1. The van der Waals surface area contributed by atoms with Crippen LogP contribution >= 0.6 is 11.3 Å². The lowest BCUT2D eigenvalue weighted by Crippen LogP contribution is -2.45. The summed E-state index contributed by atoms with van der Waals surface area (Å²) in [4.78, 5) is 28.0. The highest BCUT2D eigenvalue weighted by atomic mass is 32.1. The molecule has 2 saturated heterocycles. The van der Waals surface area contributed by atoms with Crippen LogP contribution in [0.5, 0.6) is 0 Å². The van der Waals surface area contributed by atoms with Crippen molar-refractivity contribution in [2.45, 2.75) is 18.9 Å². The molecule has 2 aromatic rings. The maximum absolute atomic E-state index is 12.6. The summed E-state index contributed by atoms with van der Waals surface area (Å²) in [5, 5.41) is 13.4. The largest absolute Gasteiger partial charge is 0.389 e. The molecule has 0 aromatic carbocycles. The number of hydrogen-bond donors (Lipinski definition) is 1. The monoisotopic (exact) mass is 347 g/mol. The predicted molar refractivity (Wildman–Crippen MR) is 93.4 cm³/mol. The van der Waals surface area contributed by atoms with Crippen LogP contribution in [0.25, 0.3) is 10.2 Å². The van der Waals surface area contributed by atoms with Gasteiger partial charge in [0.2, 0.25) is 0 Å². The van der Waals surface area contributed by atoms with Crippen molar-refractivity contribution in [3.05, 3.63) is 17.8 Å². The lowest BCUT2D eigenvalue weighted by atomic mass is 10.3. The van der Waals surface area contributed by atoms with Gasteiger partial charge in [0.25, 0.3) is 0 Å². The molecule has 0 radical (unpaired) electrons. The average Bonchev–Trinajstić information content (AvgIpc) is 3.24. The Morgan fingerprint density at radius 2 is 1.96 bits per heavy atom. The van der Waals surface area contributed by atoms with Gasteiger partial charge < -0.3 is 19.8 Å². The highest BCUT2D eigenvalue weighted by Crippen LogP contribution is 2.27. The standard InChI is InChI=1S/C16H21N5O2S/c22-12-9-20(14-13-3-8-24-15(13)18-11-17-14)6-7-21(10-12)16(23)19-4-1-2-5-19/h3,8,11-12,22H,1-2,4-7,9-10H2/t12-/m1/s1. The van der Waals surface area contributed by atoms with Crippen LogP contribution in [0.4, 0.5) is 10.6 Å². The summed E-state index contributed by atoms with van der Waals surface area (Å²) in [5.41, 5.74) is 0. The first-order chi connectivity index (χ1) is 11.7. The molecule has 8 heteroatoms. The fourth-order valence-electron chi connectivity index (χ4n) is 3.49. The summed E-state index contributed by atoms with van der Waals surface area (Å²) in [5.74, 6) is 0.843. The first kappa shape index (κ1) is 15.6. The number of amides is 2. The molecule has 7 nitrogen and oxygen atoms in total. The zero-order valence-electron chi connectivity index (χ0n) is 13.5. The van der Waals surface area contributed by atoms with Crippen LogP contribution in [0.1, 0.15) is 12.8 Å². The summed E-state index contributed by atoms with van der Waals surface area (Å²) < 4.78 is 0. The maximum Gasteiger partial charge on any atom is 0.320 e. The van der Waals surface area contributed by atoms with Crippen LogP contribution < -0.4 is 4.90 Å². The summed E-state index contributed by atoms with van der Waals surface area (Å²) in [7, 11) is 0. The van der Waals surface area contributed by atoms with E-state index in [0.717, 1.165) is 42.0 Å². The number of β-amino-alcohol motifs (C(OH)–C–C–N with tert-alkyl or cyclic N) is 1. The Kier molecular flexibility index (Phi) is 4.24. The van der Waals surface area contributed by atoms with Crippen molar-refractivity contribution in [1.82, 2.24) is 19.8 Å². The highest BCUT2D eigenvalue weighted by molar-refractivity contribution is 7.16. The van der Waals surface area contributed by atoms with Gasteiger partial charge in [0.15, 0.2) is 0 Å². The first-order valence-corrected chi connectivity index (χ1v) is 9.25. The topological polar surface area (TPSA) is 72.8 Å². The van der Waals surface area contributed by atoms with Gasteiger partial charge in [-0.25, -0.2) is 14.8 Å². The van der Waals surface area contributed by atoms with Crippen molar-refractivity contribution < 1.29 is 9.90 Å². The van der Waals surface area contributed by atoms with Gasteiger partial charge in [0.05, 0.1) is 18.0 Å². The van der Waals surface area contributed by atoms with Gasteiger partial charge in [-0.1, -0.05) is 0 Å². The number of urea groups is 1. The SMILES string of the molecule is O=C(N1CCCC1)N1CCN(c2ncnc3sccc23)C[C@@H](O)C1. The van der Waals surface area contributed by atoms with Gasteiger partial charge in [-0.15, -0.1) is 11.3 Å². The number of carbonyl (C=O) groups excluding carboxylic acids is 1. The zero-order chi connectivity index (χ0) is 16.5. The van der Waals surface area contributed by atoms with E-state index >= 15 is 0 Å². The fourth-order valence-corrected chi connectivity index (χ4v) is 4.22. The van der Waals surface area contributed by atoms with Gasteiger partial charge in [-0.05, 0) is 24.3 Å². The van der Waals surface area contributed by atoms with E-state index in [2.05, 4.69) is 14.9 Å². The van der Waals surface area contributed by atoms with Crippen molar-refractivity contribution in [3.63, 3.8) is 0 Å². The third-order valence-corrected chi connectivity index (χ3v) is 5.51. The molecule has 2 aliphatic rings. The Labute approximate surface area is 144 Å².